The molecule has 4 aromatic heterocycles. The lowest BCUT2D eigenvalue weighted by atomic mass is 10.2. The molecule has 0 amide bonds. The maximum absolute atomic E-state index is 12.8. The number of ether oxygens (including phenoxy) is 1. The minimum Gasteiger partial charge on any atom is -0.493 e. The lowest BCUT2D eigenvalue weighted by molar-refractivity contribution is 0.340. The molecule has 5 aromatic rings. The molecule has 0 aliphatic rings. The van der Waals surface area contributed by atoms with Gasteiger partial charge in [0.15, 0.2) is 0 Å². The minimum atomic E-state index is -0.134. The number of aromatic nitrogens is 4. The Morgan fingerprint density at radius 1 is 1.16 bits per heavy atom. The summed E-state index contributed by atoms with van der Waals surface area (Å²) in [5.74, 6) is 2.06. The van der Waals surface area contributed by atoms with Gasteiger partial charge in [-0.15, -0.1) is 32.9 Å². The van der Waals surface area contributed by atoms with Gasteiger partial charge in [-0.2, -0.15) is 0 Å². The maximum Gasteiger partial charge on any atom is 0.277 e. The standard InChI is InChI=1S/C22H18N4O3S3/c1-3-28-15-7-5-4-6-13(15)20-25-26-22(29-20)31-11-17-23-19(27)18-14(10-30-21(18)24-17)16-9-8-12(2)32-16/h4-10H,3,11H2,1-2H3,(H,23,24,27). The Morgan fingerprint density at radius 2 is 2.03 bits per heavy atom. The summed E-state index contributed by atoms with van der Waals surface area (Å²) in [6, 6.07) is 11.6. The van der Waals surface area contributed by atoms with E-state index in [0.29, 0.717) is 40.4 Å². The van der Waals surface area contributed by atoms with Gasteiger partial charge in [-0.25, -0.2) is 4.98 Å². The summed E-state index contributed by atoms with van der Waals surface area (Å²) < 4.78 is 11.4. The van der Waals surface area contributed by atoms with Gasteiger partial charge in [0, 0.05) is 20.7 Å². The molecule has 10 heteroatoms. The average molecular weight is 483 g/mol. The van der Waals surface area contributed by atoms with Crippen LogP contribution < -0.4 is 10.3 Å². The van der Waals surface area contributed by atoms with Gasteiger partial charge in [-0.3, -0.25) is 4.79 Å². The number of nitrogens with one attached hydrogen (secondary N) is 1. The number of H-pyrrole nitrogens is 1. The van der Waals surface area contributed by atoms with Crippen LogP contribution in [-0.2, 0) is 5.75 Å². The molecule has 0 aliphatic carbocycles. The maximum atomic E-state index is 12.8. The van der Waals surface area contributed by atoms with Crippen molar-refractivity contribution in [2.45, 2.75) is 24.8 Å². The fourth-order valence-corrected chi connectivity index (χ4v) is 5.81. The van der Waals surface area contributed by atoms with Crippen molar-refractivity contribution in [1.82, 2.24) is 20.2 Å². The van der Waals surface area contributed by atoms with Crippen molar-refractivity contribution >= 4 is 44.7 Å². The van der Waals surface area contributed by atoms with Crippen molar-refractivity contribution in [3.63, 3.8) is 0 Å². The Kier molecular flexibility index (Phi) is 5.81. The zero-order chi connectivity index (χ0) is 22.1. The summed E-state index contributed by atoms with van der Waals surface area (Å²) in [5.41, 5.74) is 1.55. The van der Waals surface area contributed by atoms with Gasteiger partial charge in [0.05, 0.1) is 23.3 Å². The molecule has 0 radical (unpaired) electrons. The highest BCUT2D eigenvalue weighted by Crippen LogP contribution is 2.35. The molecular formula is C22H18N4O3S3. The first-order valence-corrected chi connectivity index (χ1v) is 12.6. The van der Waals surface area contributed by atoms with Crippen LogP contribution in [0.2, 0.25) is 0 Å². The molecule has 162 valence electrons. The zero-order valence-corrected chi connectivity index (χ0v) is 19.7. The Morgan fingerprint density at radius 3 is 2.84 bits per heavy atom. The molecule has 1 aromatic carbocycles. The van der Waals surface area contributed by atoms with Crippen LogP contribution in [0.5, 0.6) is 5.75 Å². The highest BCUT2D eigenvalue weighted by Gasteiger charge is 2.16. The van der Waals surface area contributed by atoms with E-state index < -0.39 is 0 Å². The molecule has 0 fully saturated rings. The highest BCUT2D eigenvalue weighted by atomic mass is 32.2. The number of hydrogen-bond donors (Lipinski definition) is 1. The van der Waals surface area contributed by atoms with E-state index >= 15 is 0 Å². The number of aromatic amines is 1. The number of nitrogens with zero attached hydrogens (tertiary/aromatic N) is 3. The number of aryl methyl sites for hydroxylation is 1. The van der Waals surface area contributed by atoms with E-state index in [0.717, 1.165) is 20.8 Å². The molecule has 0 unspecified atom stereocenters. The number of thiophene rings is 2. The van der Waals surface area contributed by atoms with Gasteiger partial charge in [0.25, 0.3) is 16.7 Å². The third-order valence-electron chi connectivity index (χ3n) is 4.65. The van der Waals surface area contributed by atoms with Crippen LogP contribution in [0.15, 0.2) is 56.2 Å². The molecule has 32 heavy (non-hydrogen) atoms. The minimum absolute atomic E-state index is 0.134. The first-order chi connectivity index (χ1) is 15.6. The molecule has 5 rings (SSSR count). The van der Waals surface area contributed by atoms with Gasteiger partial charge in [0.1, 0.15) is 16.4 Å². The van der Waals surface area contributed by atoms with E-state index in [1.54, 1.807) is 11.3 Å². The van der Waals surface area contributed by atoms with E-state index in [2.05, 4.69) is 33.2 Å². The number of fused-ring (bicyclic) bond motifs is 1. The molecule has 7 nitrogen and oxygen atoms in total. The third kappa shape index (κ3) is 4.08. The molecule has 0 bridgehead atoms. The Bertz CT molecular complexity index is 1450. The second-order valence-corrected chi connectivity index (χ2v) is 9.92. The van der Waals surface area contributed by atoms with Gasteiger partial charge in [0.2, 0.25) is 0 Å². The summed E-state index contributed by atoms with van der Waals surface area (Å²) in [4.78, 5) is 23.4. The van der Waals surface area contributed by atoms with Crippen LogP contribution >= 0.6 is 34.4 Å². The van der Waals surface area contributed by atoms with Crippen LogP contribution in [0, 0.1) is 6.92 Å². The van der Waals surface area contributed by atoms with E-state index in [4.69, 9.17) is 9.15 Å². The smallest absolute Gasteiger partial charge is 0.277 e. The average Bonchev–Trinajstić information content (AvgIpc) is 3.52. The Hall–Kier alpha value is -2.95. The number of benzene rings is 1. The molecule has 4 heterocycles. The lowest BCUT2D eigenvalue weighted by Gasteiger charge is -2.06. The monoisotopic (exact) mass is 482 g/mol. The molecule has 0 aliphatic heterocycles. The van der Waals surface area contributed by atoms with Gasteiger partial charge >= 0.3 is 0 Å². The SMILES string of the molecule is CCOc1ccccc1-c1nnc(SCc2nc3scc(-c4ccc(C)s4)c3c(=O)[nH]2)o1. The largest absolute Gasteiger partial charge is 0.493 e. The second kappa shape index (κ2) is 8.89. The molecule has 0 saturated carbocycles. The number of thioether (sulfide) groups is 1. The fourth-order valence-electron chi connectivity index (χ4n) is 3.25. The summed E-state index contributed by atoms with van der Waals surface area (Å²) in [5, 5.41) is 11.3. The molecule has 0 saturated heterocycles. The molecule has 0 atom stereocenters. The fraction of sp³-hybridized carbons (Fsp3) is 0.182. The van der Waals surface area contributed by atoms with Crippen LogP contribution in [0.1, 0.15) is 17.6 Å². The van der Waals surface area contributed by atoms with Gasteiger partial charge < -0.3 is 14.1 Å². The van der Waals surface area contributed by atoms with Crippen molar-refractivity contribution in [2.75, 3.05) is 6.61 Å². The van der Waals surface area contributed by atoms with Crippen LogP contribution in [0.3, 0.4) is 0 Å². The third-order valence-corrected chi connectivity index (χ3v) is 7.39. The predicted octanol–water partition coefficient (Wildman–Crippen LogP) is 5.76. The van der Waals surface area contributed by atoms with Crippen molar-refractivity contribution in [2.24, 2.45) is 0 Å². The van der Waals surface area contributed by atoms with Crippen LogP contribution in [0.4, 0.5) is 0 Å². The Balaban J connectivity index is 1.36. The number of para-hydroxylation sites is 1. The summed E-state index contributed by atoms with van der Waals surface area (Å²) >= 11 is 4.47. The summed E-state index contributed by atoms with van der Waals surface area (Å²) in [6.45, 7) is 4.53. The zero-order valence-electron chi connectivity index (χ0n) is 17.2. The number of hydrogen-bond acceptors (Lipinski definition) is 9. The first kappa shape index (κ1) is 20.9. The lowest BCUT2D eigenvalue weighted by Crippen LogP contribution is -2.10. The summed E-state index contributed by atoms with van der Waals surface area (Å²) in [7, 11) is 0. The predicted molar refractivity (Wildman–Crippen MR) is 129 cm³/mol. The van der Waals surface area contributed by atoms with E-state index in [1.807, 2.05) is 42.6 Å². The van der Waals surface area contributed by atoms with Crippen molar-refractivity contribution < 1.29 is 9.15 Å². The van der Waals surface area contributed by atoms with Crippen LogP contribution in [-0.4, -0.2) is 26.8 Å². The van der Waals surface area contributed by atoms with Gasteiger partial charge in [-0.05, 0) is 38.1 Å². The number of rotatable bonds is 7. The van der Waals surface area contributed by atoms with E-state index in [-0.39, 0.29) is 5.56 Å². The first-order valence-electron chi connectivity index (χ1n) is 9.88. The van der Waals surface area contributed by atoms with E-state index in [1.165, 1.54) is 28.0 Å². The van der Waals surface area contributed by atoms with Crippen molar-refractivity contribution in [1.29, 1.82) is 0 Å². The van der Waals surface area contributed by atoms with Gasteiger partial charge in [-0.1, -0.05) is 23.9 Å². The quantitative estimate of drug-likeness (QED) is 0.295. The normalized spacial score (nSPS) is 11.3. The topological polar surface area (TPSA) is 93.9 Å². The second-order valence-electron chi connectivity index (χ2n) is 6.84. The van der Waals surface area contributed by atoms with Crippen molar-refractivity contribution in [3.8, 4) is 27.6 Å². The molecular weight excluding hydrogens is 464 g/mol. The highest BCUT2D eigenvalue weighted by molar-refractivity contribution is 7.98. The Labute approximate surface area is 195 Å². The van der Waals surface area contributed by atoms with Crippen LogP contribution in [0.25, 0.3) is 32.1 Å². The summed E-state index contributed by atoms with van der Waals surface area (Å²) in [6.07, 6.45) is 0. The molecule has 1 N–H and O–H groups in total. The molecule has 0 spiro atoms. The van der Waals surface area contributed by atoms with E-state index in [9.17, 15) is 4.79 Å². The van der Waals surface area contributed by atoms with Crippen molar-refractivity contribution in [3.05, 3.63) is 62.8 Å².